The Morgan fingerprint density at radius 2 is 1.92 bits per heavy atom. The van der Waals surface area contributed by atoms with E-state index in [2.05, 4.69) is 21.0 Å². The monoisotopic (exact) mass is 422 g/mol. The third kappa shape index (κ3) is 3.69. The van der Waals surface area contributed by atoms with Crippen molar-refractivity contribution >= 4 is 49.7 Å². The van der Waals surface area contributed by atoms with Gasteiger partial charge in [-0.2, -0.15) is 5.10 Å². The lowest BCUT2D eigenvalue weighted by Crippen LogP contribution is -2.31. The maximum atomic E-state index is 12.8. The zero-order chi connectivity index (χ0) is 17.1. The standard InChI is InChI=1S/C17H15BrN2O2S2/c1-23-17-19-20(15(22)14(21)11-5-3-2-4-6-11)16(24-17)12-7-9-13(18)10-8-12/h2-10,14,16,21H,1H3/t14-,16+/m0/s1. The summed E-state index contributed by atoms with van der Waals surface area (Å²) in [6.45, 7) is 0. The highest BCUT2D eigenvalue weighted by Gasteiger charge is 2.36. The van der Waals surface area contributed by atoms with Gasteiger partial charge in [0.25, 0.3) is 5.91 Å². The third-order valence-electron chi connectivity index (χ3n) is 3.53. The predicted octanol–water partition coefficient (Wildman–Crippen LogP) is 4.39. The number of carbonyl (C=O) groups is 1. The van der Waals surface area contributed by atoms with Gasteiger partial charge in [-0.1, -0.05) is 70.2 Å². The van der Waals surface area contributed by atoms with Gasteiger partial charge in [0.15, 0.2) is 10.5 Å². The Morgan fingerprint density at radius 3 is 2.54 bits per heavy atom. The summed E-state index contributed by atoms with van der Waals surface area (Å²) in [5.41, 5.74) is 1.53. The van der Waals surface area contributed by atoms with Crippen molar-refractivity contribution in [2.45, 2.75) is 11.5 Å². The Morgan fingerprint density at radius 1 is 1.25 bits per heavy atom. The van der Waals surface area contributed by atoms with Crippen molar-refractivity contribution in [3.8, 4) is 0 Å². The number of aliphatic hydroxyl groups is 1. The van der Waals surface area contributed by atoms with Gasteiger partial charge in [-0.05, 0) is 29.5 Å². The first-order chi connectivity index (χ1) is 11.6. The molecule has 0 saturated carbocycles. The molecule has 0 spiro atoms. The summed E-state index contributed by atoms with van der Waals surface area (Å²) in [7, 11) is 0. The minimum absolute atomic E-state index is 0.272. The molecule has 0 saturated heterocycles. The maximum Gasteiger partial charge on any atom is 0.277 e. The molecule has 1 N–H and O–H groups in total. The molecule has 1 aliphatic rings. The van der Waals surface area contributed by atoms with Crippen LogP contribution in [0.25, 0.3) is 0 Å². The van der Waals surface area contributed by atoms with Crippen LogP contribution in [0.1, 0.15) is 22.6 Å². The van der Waals surface area contributed by atoms with Crippen LogP contribution in [0.15, 0.2) is 64.2 Å². The van der Waals surface area contributed by atoms with E-state index in [1.54, 1.807) is 24.3 Å². The first-order valence-electron chi connectivity index (χ1n) is 7.21. The molecule has 1 aliphatic heterocycles. The van der Waals surface area contributed by atoms with Gasteiger partial charge in [-0.15, -0.1) is 11.8 Å². The van der Waals surface area contributed by atoms with Crippen molar-refractivity contribution in [3.63, 3.8) is 0 Å². The van der Waals surface area contributed by atoms with E-state index in [0.717, 1.165) is 14.4 Å². The predicted molar refractivity (Wildman–Crippen MR) is 104 cm³/mol. The van der Waals surface area contributed by atoms with E-state index in [-0.39, 0.29) is 5.37 Å². The molecule has 0 bridgehead atoms. The number of benzene rings is 2. The molecule has 1 heterocycles. The van der Waals surface area contributed by atoms with Crippen LogP contribution in [0.2, 0.25) is 0 Å². The molecule has 7 heteroatoms. The van der Waals surface area contributed by atoms with Crippen LogP contribution in [0.4, 0.5) is 0 Å². The molecule has 124 valence electrons. The van der Waals surface area contributed by atoms with E-state index in [1.807, 2.05) is 36.6 Å². The highest BCUT2D eigenvalue weighted by molar-refractivity contribution is 9.10. The second-order valence-corrected chi connectivity index (χ2v) is 8.13. The van der Waals surface area contributed by atoms with E-state index >= 15 is 0 Å². The molecule has 0 unspecified atom stereocenters. The Hall–Kier alpha value is -1.28. The van der Waals surface area contributed by atoms with E-state index in [0.29, 0.717) is 5.56 Å². The molecule has 3 rings (SSSR count). The number of hydrazone groups is 1. The van der Waals surface area contributed by atoms with Crippen LogP contribution in [-0.4, -0.2) is 26.7 Å². The molecular weight excluding hydrogens is 408 g/mol. The van der Waals surface area contributed by atoms with E-state index in [9.17, 15) is 9.90 Å². The molecule has 2 aromatic rings. The molecule has 0 aromatic heterocycles. The summed E-state index contributed by atoms with van der Waals surface area (Å²) in [5.74, 6) is -0.425. The average Bonchev–Trinajstić information content (AvgIpc) is 3.06. The minimum atomic E-state index is -1.23. The van der Waals surface area contributed by atoms with Crippen molar-refractivity contribution in [1.82, 2.24) is 5.01 Å². The lowest BCUT2D eigenvalue weighted by atomic mass is 10.1. The molecular formula is C17H15BrN2O2S2. The lowest BCUT2D eigenvalue weighted by Gasteiger charge is -2.23. The molecule has 4 nitrogen and oxygen atoms in total. The minimum Gasteiger partial charge on any atom is -0.378 e. The normalized spacial score (nSPS) is 18.4. The quantitative estimate of drug-likeness (QED) is 0.796. The number of hydrogen-bond acceptors (Lipinski definition) is 5. The van der Waals surface area contributed by atoms with Crippen molar-refractivity contribution in [2.24, 2.45) is 5.10 Å². The third-order valence-corrected chi connectivity index (χ3v) is 6.26. The highest BCUT2D eigenvalue weighted by Crippen LogP contribution is 2.43. The summed E-state index contributed by atoms with van der Waals surface area (Å²) in [5, 5.41) is 15.9. The van der Waals surface area contributed by atoms with Gasteiger partial charge in [0.05, 0.1) is 0 Å². The average molecular weight is 423 g/mol. The van der Waals surface area contributed by atoms with Crippen LogP contribution >= 0.6 is 39.5 Å². The molecule has 2 aromatic carbocycles. The number of amides is 1. The van der Waals surface area contributed by atoms with Crippen LogP contribution in [-0.2, 0) is 4.79 Å². The molecule has 1 amide bonds. The Kier molecular flexibility index (Phi) is 5.65. The zero-order valence-electron chi connectivity index (χ0n) is 12.8. The van der Waals surface area contributed by atoms with Crippen molar-refractivity contribution in [1.29, 1.82) is 0 Å². The second kappa shape index (κ2) is 7.74. The number of hydrogen-bond donors (Lipinski definition) is 1. The fraction of sp³-hybridized carbons (Fsp3) is 0.176. The van der Waals surface area contributed by atoms with Gasteiger partial charge in [0.1, 0.15) is 5.37 Å². The fourth-order valence-electron chi connectivity index (χ4n) is 2.30. The smallest absolute Gasteiger partial charge is 0.277 e. The molecule has 2 atom stereocenters. The number of carbonyl (C=O) groups excluding carboxylic acids is 1. The molecule has 0 radical (unpaired) electrons. The first kappa shape index (κ1) is 17.5. The van der Waals surface area contributed by atoms with Crippen molar-refractivity contribution in [3.05, 3.63) is 70.2 Å². The molecule has 24 heavy (non-hydrogen) atoms. The van der Waals surface area contributed by atoms with Gasteiger partial charge in [0, 0.05) is 4.47 Å². The summed E-state index contributed by atoms with van der Waals surface area (Å²) >= 11 is 6.42. The van der Waals surface area contributed by atoms with Crippen molar-refractivity contribution < 1.29 is 9.90 Å². The number of thioether (sulfide) groups is 2. The highest BCUT2D eigenvalue weighted by atomic mass is 79.9. The number of aliphatic hydroxyl groups excluding tert-OH is 1. The number of nitrogens with zero attached hydrogens (tertiary/aromatic N) is 2. The first-order valence-corrected chi connectivity index (χ1v) is 10.1. The van der Waals surface area contributed by atoms with E-state index in [4.69, 9.17) is 0 Å². The van der Waals surface area contributed by atoms with Crippen LogP contribution < -0.4 is 0 Å². The molecule has 0 aliphatic carbocycles. The van der Waals surface area contributed by atoms with Gasteiger partial charge >= 0.3 is 0 Å². The second-order valence-electron chi connectivity index (χ2n) is 5.09. The van der Waals surface area contributed by atoms with Crippen LogP contribution in [0.3, 0.4) is 0 Å². The Bertz CT molecular complexity index is 753. The summed E-state index contributed by atoms with van der Waals surface area (Å²) < 4.78 is 1.78. The van der Waals surface area contributed by atoms with Crippen molar-refractivity contribution in [2.75, 3.05) is 6.26 Å². The summed E-state index contributed by atoms with van der Waals surface area (Å²) in [6.07, 6.45) is 0.696. The fourth-order valence-corrected chi connectivity index (χ4v) is 4.27. The summed E-state index contributed by atoms with van der Waals surface area (Å²) in [4.78, 5) is 12.8. The largest absolute Gasteiger partial charge is 0.378 e. The SMILES string of the molecule is CSC1=NN(C(=O)[C@@H](O)c2ccccc2)[C@@H](c2ccc(Br)cc2)S1. The number of halogens is 1. The topological polar surface area (TPSA) is 52.9 Å². The molecule has 0 fully saturated rings. The summed E-state index contributed by atoms with van der Waals surface area (Å²) in [6, 6.07) is 16.7. The van der Waals surface area contributed by atoms with Gasteiger partial charge in [-0.25, -0.2) is 5.01 Å². The zero-order valence-corrected chi connectivity index (χ0v) is 16.0. The van der Waals surface area contributed by atoms with E-state index in [1.165, 1.54) is 28.5 Å². The number of rotatable bonds is 3. The Balaban J connectivity index is 1.88. The van der Waals surface area contributed by atoms with Gasteiger partial charge < -0.3 is 5.11 Å². The maximum absolute atomic E-state index is 12.8. The van der Waals surface area contributed by atoms with Crippen LogP contribution in [0.5, 0.6) is 0 Å². The van der Waals surface area contributed by atoms with Crippen LogP contribution in [0, 0.1) is 0 Å². The van der Waals surface area contributed by atoms with E-state index < -0.39 is 12.0 Å². The van der Waals surface area contributed by atoms with Gasteiger partial charge in [-0.3, -0.25) is 4.79 Å². The Labute approximate surface area is 157 Å². The van der Waals surface area contributed by atoms with Gasteiger partial charge in [0.2, 0.25) is 0 Å². The lowest BCUT2D eigenvalue weighted by molar-refractivity contribution is -0.141.